The summed E-state index contributed by atoms with van der Waals surface area (Å²) in [6.07, 6.45) is 4.47. The van der Waals surface area contributed by atoms with Gasteiger partial charge in [0.2, 0.25) is 5.91 Å². The molecule has 0 saturated carbocycles. The van der Waals surface area contributed by atoms with Gasteiger partial charge in [0.1, 0.15) is 5.75 Å². The lowest BCUT2D eigenvalue weighted by atomic mass is 9.81. The fraction of sp³-hybridized carbons (Fsp3) is 0.387. The Morgan fingerprint density at radius 3 is 2.26 bits per heavy atom. The van der Waals surface area contributed by atoms with Gasteiger partial charge in [0.15, 0.2) is 0 Å². The molecule has 0 unspecified atom stereocenters. The van der Waals surface area contributed by atoms with Crippen LogP contribution in [-0.4, -0.2) is 17.6 Å². The van der Waals surface area contributed by atoms with Gasteiger partial charge in [-0.15, -0.1) is 0 Å². The molecule has 0 spiro atoms. The SMILES string of the molecule is CC(C)(C)c1cc(Cc2ccccc2)cc2c1NCCC2.Cc1cc(O)cc(C)c1CCC(N)=O. The molecule has 4 rings (SSSR count). The predicted molar refractivity (Wildman–Crippen MR) is 146 cm³/mol. The van der Waals surface area contributed by atoms with Crippen molar-refractivity contribution in [3.05, 3.63) is 93.5 Å². The third-order valence-corrected chi connectivity index (χ3v) is 6.57. The molecule has 1 aliphatic rings. The summed E-state index contributed by atoms with van der Waals surface area (Å²) in [5.74, 6) is -0.0281. The largest absolute Gasteiger partial charge is 0.508 e. The predicted octanol–water partition coefficient (Wildman–Crippen LogP) is 6.36. The zero-order valence-electron chi connectivity index (χ0n) is 21.9. The number of hydrogen-bond acceptors (Lipinski definition) is 3. The van der Waals surface area contributed by atoms with Gasteiger partial charge in [0.05, 0.1) is 0 Å². The Bertz CT molecular complexity index is 1140. The number of nitrogens with two attached hydrogens (primary N) is 1. The first-order valence-corrected chi connectivity index (χ1v) is 12.6. The van der Waals surface area contributed by atoms with Crippen LogP contribution in [-0.2, 0) is 29.5 Å². The number of nitrogens with one attached hydrogen (secondary N) is 1. The number of aryl methyl sites for hydroxylation is 3. The van der Waals surface area contributed by atoms with Crippen LogP contribution in [0.15, 0.2) is 54.6 Å². The molecule has 0 saturated heterocycles. The van der Waals surface area contributed by atoms with Crippen molar-refractivity contribution in [1.82, 2.24) is 0 Å². The summed E-state index contributed by atoms with van der Waals surface area (Å²) >= 11 is 0. The number of anilines is 1. The second kappa shape index (κ2) is 11.4. The summed E-state index contributed by atoms with van der Waals surface area (Å²) in [5.41, 5.74) is 15.6. The molecular weight excluding hydrogens is 432 g/mol. The Balaban J connectivity index is 0.000000214. The third-order valence-electron chi connectivity index (χ3n) is 6.57. The van der Waals surface area contributed by atoms with Crippen molar-refractivity contribution in [2.75, 3.05) is 11.9 Å². The number of carbonyl (C=O) groups excluding carboxylic acids is 1. The molecule has 35 heavy (non-hydrogen) atoms. The Morgan fingerprint density at radius 2 is 1.66 bits per heavy atom. The summed E-state index contributed by atoms with van der Waals surface area (Å²) in [7, 11) is 0. The van der Waals surface area contributed by atoms with Crippen molar-refractivity contribution in [3.8, 4) is 5.75 Å². The van der Waals surface area contributed by atoms with Gasteiger partial charge < -0.3 is 16.2 Å². The quantitative estimate of drug-likeness (QED) is 0.404. The van der Waals surface area contributed by atoms with E-state index in [1.165, 1.54) is 40.8 Å². The van der Waals surface area contributed by atoms with Gasteiger partial charge in [0.25, 0.3) is 0 Å². The van der Waals surface area contributed by atoms with Crippen molar-refractivity contribution in [2.45, 2.75) is 72.1 Å². The first kappa shape index (κ1) is 26.3. The van der Waals surface area contributed by atoms with E-state index in [4.69, 9.17) is 5.73 Å². The van der Waals surface area contributed by atoms with Gasteiger partial charge in [-0.1, -0.05) is 63.2 Å². The molecular formula is C31H40N2O2. The zero-order valence-corrected chi connectivity index (χ0v) is 21.9. The standard InChI is InChI=1S/C20H25N.C11H15NO2/c1-20(2,3)18-14-16(12-15-8-5-4-6-9-15)13-17-10-7-11-21-19(17)18;1-7-5-9(13)6-8(2)10(7)3-4-11(12)14/h4-6,8-9,13-14,21H,7,10-12H2,1-3H3;5-6,13H,3-4H2,1-2H3,(H2,12,14). The monoisotopic (exact) mass is 472 g/mol. The number of rotatable bonds is 5. The molecule has 1 heterocycles. The van der Waals surface area contributed by atoms with Crippen molar-refractivity contribution in [1.29, 1.82) is 0 Å². The van der Waals surface area contributed by atoms with E-state index in [1.54, 1.807) is 12.1 Å². The lowest BCUT2D eigenvalue weighted by molar-refractivity contribution is -0.117. The fourth-order valence-corrected chi connectivity index (χ4v) is 4.80. The van der Waals surface area contributed by atoms with E-state index in [0.717, 1.165) is 29.7 Å². The molecule has 1 amide bonds. The fourth-order valence-electron chi connectivity index (χ4n) is 4.80. The molecule has 3 aromatic carbocycles. The minimum absolute atomic E-state index is 0.182. The van der Waals surface area contributed by atoms with Crippen molar-refractivity contribution >= 4 is 11.6 Å². The second-order valence-corrected chi connectivity index (χ2v) is 10.6. The number of carbonyl (C=O) groups is 1. The summed E-state index contributed by atoms with van der Waals surface area (Å²) in [6.45, 7) is 11.9. The van der Waals surface area contributed by atoms with Gasteiger partial charge in [-0.05, 0) is 96.0 Å². The summed E-state index contributed by atoms with van der Waals surface area (Å²) < 4.78 is 0. The normalized spacial score (nSPS) is 12.7. The van der Waals surface area contributed by atoms with Crippen molar-refractivity contribution in [3.63, 3.8) is 0 Å². The van der Waals surface area contributed by atoms with Crippen LogP contribution in [0.5, 0.6) is 5.75 Å². The van der Waals surface area contributed by atoms with Crippen LogP contribution < -0.4 is 11.1 Å². The topological polar surface area (TPSA) is 75.3 Å². The molecule has 4 N–H and O–H groups in total. The van der Waals surface area contributed by atoms with E-state index < -0.39 is 0 Å². The highest BCUT2D eigenvalue weighted by Crippen LogP contribution is 2.36. The van der Waals surface area contributed by atoms with Crippen LogP contribution in [0.25, 0.3) is 0 Å². The highest BCUT2D eigenvalue weighted by molar-refractivity contribution is 5.74. The van der Waals surface area contributed by atoms with Crippen LogP contribution in [0.4, 0.5) is 5.69 Å². The Labute approximate surface area is 210 Å². The zero-order chi connectivity index (χ0) is 25.6. The molecule has 0 atom stereocenters. The number of phenols is 1. The van der Waals surface area contributed by atoms with Crippen LogP contribution in [0.1, 0.15) is 72.6 Å². The highest BCUT2D eigenvalue weighted by atomic mass is 16.3. The Kier molecular flexibility index (Phi) is 8.61. The number of aromatic hydroxyl groups is 1. The van der Waals surface area contributed by atoms with E-state index >= 15 is 0 Å². The van der Waals surface area contributed by atoms with Gasteiger partial charge in [0, 0.05) is 18.7 Å². The van der Waals surface area contributed by atoms with Gasteiger partial charge in [-0.25, -0.2) is 0 Å². The van der Waals surface area contributed by atoms with Gasteiger partial charge in [-0.2, -0.15) is 0 Å². The lowest BCUT2D eigenvalue weighted by Crippen LogP contribution is -2.20. The average Bonchev–Trinajstić information content (AvgIpc) is 2.78. The second-order valence-electron chi connectivity index (χ2n) is 10.6. The first-order valence-electron chi connectivity index (χ1n) is 12.6. The maximum Gasteiger partial charge on any atom is 0.217 e. The molecule has 4 heteroatoms. The van der Waals surface area contributed by atoms with Crippen molar-refractivity contribution in [2.24, 2.45) is 5.73 Å². The highest BCUT2D eigenvalue weighted by Gasteiger charge is 2.23. The Hall–Kier alpha value is -3.27. The summed E-state index contributed by atoms with van der Waals surface area (Å²) in [5, 5.41) is 12.9. The van der Waals surface area contributed by atoms with Gasteiger partial charge in [-0.3, -0.25) is 4.79 Å². The minimum atomic E-state index is -0.295. The number of fused-ring (bicyclic) bond motifs is 1. The smallest absolute Gasteiger partial charge is 0.217 e. The molecule has 0 radical (unpaired) electrons. The minimum Gasteiger partial charge on any atom is -0.508 e. The molecule has 186 valence electrons. The third kappa shape index (κ3) is 7.35. The molecule has 1 aliphatic heterocycles. The maximum atomic E-state index is 10.6. The van der Waals surface area contributed by atoms with Crippen LogP contribution in [0, 0.1) is 13.8 Å². The number of hydrogen-bond donors (Lipinski definition) is 3. The molecule has 0 aliphatic carbocycles. The molecule has 0 fully saturated rings. The average molecular weight is 473 g/mol. The maximum absolute atomic E-state index is 10.6. The van der Waals surface area contributed by atoms with Crippen LogP contribution >= 0.6 is 0 Å². The van der Waals surface area contributed by atoms with E-state index in [2.05, 4.69) is 68.6 Å². The van der Waals surface area contributed by atoms with E-state index in [9.17, 15) is 9.90 Å². The number of phenolic OH excluding ortho intramolecular Hbond substituents is 1. The van der Waals surface area contributed by atoms with E-state index in [1.807, 2.05) is 13.8 Å². The number of benzene rings is 3. The number of primary amides is 1. The van der Waals surface area contributed by atoms with Crippen LogP contribution in [0.2, 0.25) is 0 Å². The molecule has 0 bridgehead atoms. The Morgan fingerprint density at radius 1 is 1.00 bits per heavy atom. The van der Waals surface area contributed by atoms with Gasteiger partial charge >= 0.3 is 0 Å². The molecule has 0 aromatic heterocycles. The number of amides is 1. The lowest BCUT2D eigenvalue weighted by Gasteiger charge is -2.29. The van der Waals surface area contributed by atoms with Crippen LogP contribution in [0.3, 0.4) is 0 Å². The van der Waals surface area contributed by atoms with E-state index in [-0.39, 0.29) is 17.1 Å². The van der Waals surface area contributed by atoms with Crippen molar-refractivity contribution < 1.29 is 9.90 Å². The molecule has 3 aromatic rings. The van der Waals surface area contributed by atoms with E-state index in [0.29, 0.717) is 12.8 Å². The summed E-state index contributed by atoms with van der Waals surface area (Å²) in [6, 6.07) is 19.0. The molecule has 4 nitrogen and oxygen atoms in total. The summed E-state index contributed by atoms with van der Waals surface area (Å²) in [4.78, 5) is 10.6. The first-order chi connectivity index (χ1) is 16.5.